The van der Waals surface area contributed by atoms with Gasteiger partial charge in [0.25, 0.3) is 0 Å². The van der Waals surface area contributed by atoms with E-state index in [2.05, 4.69) is 241 Å². The molecule has 0 N–H and O–H groups in total. The zero-order chi connectivity index (χ0) is 40.3. The molecule has 2 heteroatoms. The minimum absolute atomic E-state index is 0.730. The highest BCUT2D eigenvalue weighted by atomic mass is 15.1. The molecule has 1 aliphatic carbocycles. The lowest BCUT2D eigenvalue weighted by Crippen LogP contribution is -2.24. The van der Waals surface area contributed by atoms with Gasteiger partial charge in [-0.3, -0.25) is 0 Å². The average Bonchev–Trinajstić information content (AvgIpc) is 3.67. The van der Waals surface area contributed by atoms with Gasteiger partial charge in [0.15, 0.2) is 0 Å². The van der Waals surface area contributed by atoms with Crippen LogP contribution in [0, 0.1) is 0 Å². The topological polar surface area (TPSA) is 8.17 Å². The van der Waals surface area contributed by atoms with Crippen molar-refractivity contribution in [3.8, 4) is 27.9 Å². The fourth-order valence-corrected chi connectivity index (χ4v) is 9.11. The van der Waals surface area contributed by atoms with Gasteiger partial charge in [0.05, 0.1) is 11.0 Å². The van der Waals surface area contributed by atoms with E-state index in [0.717, 1.165) is 19.4 Å². The number of para-hydroxylation sites is 2. The van der Waals surface area contributed by atoms with Crippen LogP contribution in [0.1, 0.15) is 30.9 Å². The number of anilines is 1. The first-order valence-corrected chi connectivity index (χ1v) is 21.1. The highest BCUT2D eigenvalue weighted by Gasteiger charge is 2.21. The summed E-state index contributed by atoms with van der Waals surface area (Å²) in [5.74, 6) is 0. The van der Waals surface area contributed by atoms with Crippen LogP contribution in [0.25, 0.3) is 71.7 Å². The van der Waals surface area contributed by atoms with Crippen molar-refractivity contribution >= 4 is 49.4 Å². The van der Waals surface area contributed by atoms with E-state index in [1.54, 1.807) is 0 Å². The highest BCUT2D eigenvalue weighted by Crippen LogP contribution is 2.41. The van der Waals surface area contributed by atoms with E-state index in [1.807, 2.05) is 0 Å². The first kappa shape index (κ1) is 36.9. The van der Waals surface area contributed by atoms with Crippen molar-refractivity contribution < 1.29 is 0 Å². The molecule has 0 saturated heterocycles. The van der Waals surface area contributed by atoms with Crippen LogP contribution in [0.3, 0.4) is 0 Å². The fourth-order valence-electron chi connectivity index (χ4n) is 9.11. The molecular weight excluding hydrogens is 725 g/mol. The Morgan fingerprint density at radius 1 is 0.583 bits per heavy atom. The van der Waals surface area contributed by atoms with Crippen molar-refractivity contribution in [1.82, 2.24) is 4.57 Å². The molecule has 1 aromatic heterocycles. The third-order valence-corrected chi connectivity index (χ3v) is 11.9. The number of hydrogen-bond acceptors (Lipinski definition) is 1. The lowest BCUT2D eigenvalue weighted by Gasteiger charge is -2.31. The molecule has 0 spiro atoms. The van der Waals surface area contributed by atoms with Crippen LogP contribution in [0.15, 0.2) is 230 Å². The second-order valence-corrected chi connectivity index (χ2v) is 15.5. The molecule has 0 atom stereocenters. The van der Waals surface area contributed by atoms with Crippen LogP contribution in [-0.4, -0.2) is 11.1 Å². The zero-order valence-electron chi connectivity index (χ0n) is 33.9. The van der Waals surface area contributed by atoms with Gasteiger partial charge in [-0.1, -0.05) is 182 Å². The zero-order valence-corrected chi connectivity index (χ0v) is 33.9. The molecule has 0 unspecified atom stereocenters. The minimum Gasteiger partial charge on any atom is -0.341 e. The fraction of sp³-hybridized carbons (Fsp3) is 0.0690. The summed E-state index contributed by atoms with van der Waals surface area (Å²) in [5, 5.41) is 5.03. The average molecular weight is 771 g/mol. The summed E-state index contributed by atoms with van der Waals surface area (Å²) in [5.41, 5.74) is 16.0. The molecule has 0 aliphatic heterocycles. The van der Waals surface area contributed by atoms with Gasteiger partial charge >= 0.3 is 0 Å². The molecule has 8 aromatic carbocycles. The number of rotatable bonds is 10. The van der Waals surface area contributed by atoms with Gasteiger partial charge in [0, 0.05) is 40.0 Å². The van der Waals surface area contributed by atoms with Crippen molar-refractivity contribution in [2.24, 2.45) is 0 Å². The monoisotopic (exact) mass is 770 g/mol. The Hall–Kier alpha value is -7.42. The quantitative estimate of drug-likeness (QED) is 0.126. The Labute approximate surface area is 353 Å². The number of aromatic nitrogens is 1. The summed E-state index contributed by atoms with van der Waals surface area (Å²) in [6, 6.07) is 70.5. The first-order chi connectivity index (χ1) is 29.7. The minimum atomic E-state index is 0.730. The van der Waals surface area contributed by atoms with E-state index >= 15 is 0 Å². The third kappa shape index (κ3) is 6.97. The van der Waals surface area contributed by atoms with E-state index in [4.69, 9.17) is 0 Å². The predicted octanol–water partition coefficient (Wildman–Crippen LogP) is 15.5. The Bertz CT molecular complexity index is 3120. The third-order valence-electron chi connectivity index (χ3n) is 11.9. The van der Waals surface area contributed by atoms with Crippen LogP contribution in [0.4, 0.5) is 5.69 Å². The molecule has 0 bridgehead atoms. The summed E-state index contributed by atoms with van der Waals surface area (Å²) in [4.78, 5) is 2.54. The van der Waals surface area contributed by atoms with Crippen molar-refractivity contribution in [1.29, 1.82) is 0 Å². The van der Waals surface area contributed by atoms with Crippen molar-refractivity contribution in [2.45, 2.75) is 19.8 Å². The lowest BCUT2D eigenvalue weighted by atomic mass is 9.91. The second kappa shape index (κ2) is 16.4. The van der Waals surface area contributed by atoms with E-state index in [1.165, 1.54) is 94.2 Å². The Morgan fingerprint density at radius 2 is 1.27 bits per heavy atom. The maximum atomic E-state index is 2.54. The Kier molecular flexibility index (Phi) is 10.1. The van der Waals surface area contributed by atoms with Crippen LogP contribution in [-0.2, 0) is 0 Å². The van der Waals surface area contributed by atoms with E-state index in [-0.39, 0.29) is 0 Å². The van der Waals surface area contributed by atoms with Crippen LogP contribution >= 0.6 is 0 Å². The van der Waals surface area contributed by atoms with Gasteiger partial charge in [-0.05, 0) is 112 Å². The SMILES string of the molecule is C/C=C(\C=C/CN(C1=C(c2cccc(-c3cccc4c3c3ccccc3n4-c3ccccc3)c2)C=CCC1)c1ccc2ccccc2c1)c1ccccc1-c1ccccc1. The number of fused-ring (bicyclic) bond motifs is 4. The smallest absolute Gasteiger partial charge is 0.0547 e. The molecule has 60 heavy (non-hydrogen) atoms. The molecule has 10 rings (SSSR count). The highest BCUT2D eigenvalue weighted by molar-refractivity contribution is 6.15. The number of benzene rings is 8. The molecule has 1 heterocycles. The van der Waals surface area contributed by atoms with Gasteiger partial charge in [0.1, 0.15) is 0 Å². The second-order valence-electron chi connectivity index (χ2n) is 15.5. The van der Waals surface area contributed by atoms with Crippen molar-refractivity contribution in [3.63, 3.8) is 0 Å². The summed E-state index contributed by atoms with van der Waals surface area (Å²) in [6.45, 7) is 2.87. The molecule has 288 valence electrons. The molecular formula is C58H46N2. The van der Waals surface area contributed by atoms with Crippen LogP contribution < -0.4 is 4.90 Å². The first-order valence-electron chi connectivity index (χ1n) is 21.1. The number of hydrogen-bond donors (Lipinski definition) is 0. The van der Waals surface area contributed by atoms with Gasteiger partial charge in [-0.15, -0.1) is 0 Å². The summed E-state index contributed by atoms with van der Waals surface area (Å²) in [7, 11) is 0. The predicted molar refractivity (Wildman–Crippen MR) is 257 cm³/mol. The maximum Gasteiger partial charge on any atom is 0.0547 e. The van der Waals surface area contributed by atoms with Crippen molar-refractivity contribution in [3.05, 3.63) is 241 Å². The van der Waals surface area contributed by atoms with E-state index in [0.29, 0.717) is 0 Å². The molecule has 9 aromatic rings. The standard InChI is InChI=1S/C58H46N2/c1-2-42(50-29-11-12-30-51(50)44-21-5-3-6-22-44)26-19-39-59(49-38-37-43-20-9-10-23-45(43)41-49)55-34-15-13-31-52(55)46-24-17-25-47(40-46)53-33-18-36-57-58(53)54-32-14-16-35-56(54)60(57)48-27-7-4-8-28-48/h2-14,16-33,35-38,40-41H,15,34,39H2,1H3/b26-19-,42-2+. The Morgan fingerprint density at radius 3 is 2.13 bits per heavy atom. The van der Waals surface area contributed by atoms with Crippen LogP contribution in [0.5, 0.6) is 0 Å². The van der Waals surface area contributed by atoms with Crippen molar-refractivity contribution in [2.75, 3.05) is 11.4 Å². The van der Waals surface area contributed by atoms with Gasteiger partial charge in [0.2, 0.25) is 0 Å². The lowest BCUT2D eigenvalue weighted by molar-refractivity contribution is 0.874. The number of nitrogens with zero attached hydrogens (tertiary/aromatic N) is 2. The van der Waals surface area contributed by atoms with E-state index in [9.17, 15) is 0 Å². The molecule has 0 saturated carbocycles. The maximum absolute atomic E-state index is 2.54. The number of allylic oxidation sites excluding steroid dienone is 7. The summed E-state index contributed by atoms with van der Waals surface area (Å²) >= 11 is 0. The molecule has 2 nitrogen and oxygen atoms in total. The summed E-state index contributed by atoms with van der Waals surface area (Å²) < 4.78 is 2.40. The van der Waals surface area contributed by atoms with Gasteiger partial charge < -0.3 is 9.47 Å². The van der Waals surface area contributed by atoms with E-state index < -0.39 is 0 Å². The van der Waals surface area contributed by atoms with Gasteiger partial charge in [-0.2, -0.15) is 0 Å². The molecule has 0 fully saturated rings. The Balaban J connectivity index is 1.08. The normalized spacial score (nSPS) is 13.2. The molecule has 1 aliphatic rings. The molecule has 0 radical (unpaired) electrons. The van der Waals surface area contributed by atoms with Crippen LogP contribution in [0.2, 0.25) is 0 Å². The largest absolute Gasteiger partial charge is 0.341 e. The van der Waals surface area contributed by atoms with Gasteiger partial charge in [-0.25, -0.2) is 0 Å². The summed E-state index contributed by atoms with van der Waals surface area (Å²) in [6.07, 6.45) is 13.5. The molecule has 0 amide bonds.